The first-order chi connectivity index (χ1) is 14.4. The Morgan fingerprint density at radius 3 is 2.42 bits per heavy atom. The summed E-state index contributed by atoms with van der Waals surface area (Å²) in [4.78, 5) is 6.37. The Balaban J connectivity index is 1.59. The Kier molecular flexibility index (Phi) is 6.01. The lowest BCUT2D eigenvalue weighted by Crippen LogP contribution is -2.60. The molecule has 1 aromatic rings. The normalized spacial score (nSPS) is 32.9. The topological polar surface area (TPSA) is 52.5 Å². The summed E-state index contributed by atoms with van der Waals surface area (Å²) in [5.74, 6) is -1.56. The van der Waals surface area contributed by atoms with Crippen molar-refractivity contribution in [3.63, 3.8) is 0 Å². The minimum atomic E-state index is -4.72. The van der Waals surface area contributed by atoms with Gasteiger partial charge in [0.15, 0.2) is 17.1 Å². The van der Waals surface area contributed by atoms with Crippen molar-refractivity contribution in [3.8, 4) is 0 Å². The number of nitrogens with zero attached hydrogens (tertiary/aromatic N) is 2. The minimum absolute atomic E-state index is 0.355. The first kappa shape index (κ1) is 22.8. The molecule has 2 saturated heterocycles. The van der Waals surface area contributed by atoms with Crippen molar-refractivity contribution >= 4 is 16.9 Å². The summed E-state index contributed by atoms with van der Waals surface area (Å²) in [6, 6.07) is 4.61. The van der Waals surface area contributed by atoms with E-state index in [-0.39, 0.29) is 6.61 Å². The predicted molar refractivity (Wildman–Crippen MR) is 106 cm³/mol. The van der Waals surface area contributed by atoms with Crippen LogP contribution in [0.1, 0.15) is 19.4 Å². The van der Waals surface area contributed by atoms with Gasteiger partial charge in [-0.15, -0.1) is 0 Å². The van der Waals surface area contributed by atoms with Crippen molar-refractivity contribution in [1.82, 2.24) is 4.90 Å². The van der Waals surface area contributed by atoms with Gasteiger partial charge in [0.2, 0.25) is 0 Å². The van der Waals surface area contributed by atoms with Crippen molar-refractivity contribution in [2.75, 3.05) is 14.1 Å². The molecule has 6 unspecified atom stereocenters. The van der Waals surface area contributed by atoms with Crippen molar-refractivity contribution in [2.24, 2.45) is 4.99 Å². The van der Waals surface area contributed by atoms with Crippen LogP contribution in [0.15, 0.2) is 29.3 Å². The Morgan fingerprint density at radius 2 is 1.81 bits per heavy atom. The molecular weight excluding hydrogens is 440 g/mol. The molecule has 6 nitrogen and oxygen atoms in total. The molecule has 0 radical (unpaired) electrons. The van der Waals surface area contributed by atoms with Crippen LogP contribution < -0.4 is 0 Å². The average molecular weight is 464 g/mol. The highest BCUT2D eigenvalue weighted by molar-refractivity contribution is 8.14. The van der Waals surface area contributed by atoms with Crippen LogP contribution in [-0.4, -0.2) is 72.0 Å². The van der Waals surface area contributed by atoms with Gasteiger partial charge in [-0.2, -0.15) is 13.2 Å². The van der Waals surface area contributed by atoms with E-state index in [9.17, 15) is 17.6 Å². The standard InChI is InChI=1S/C20H24F4N2O4S/c1-19(2)29-13-12-17(31-18(25-12)26(3)4)28-15(14(13)30-19)16(20(22,23)24)27-9-10-5-7-11(21)8-6-10/h5-8,12-17H,9H2,1-4H3. The highest BCUT2D eigenvalue weighted by Gasteiger charge is 2.62. The van der Waals surface area contributed by atoms with Gasteiger partial charge in [-0.3, -0.25) is 4.99 Å². The van der Waals surface area contributed by atoms with Gasteiger partial charge in [0.05, 0.1) is 6.61 Å². The predicted octanol–water partition coefficient (Wildman–Crippen LogP) is 3.55. The van der Waals surface area contributed by atoms with Gasteiger partial charge in [-0.1, -0.05) is 23.9 Å². The monoisotopic (exact) mass is 464 g/mol. The molecule has 4 rings (SSSR count). The molecular formula is C20H24F4N2O4S. The van der Waals surface area contributed by atoms with E-state index in [0.717, 1.165) is 0 Å². The maximum atomic E-state index is 14.1. The van der Waals surface area contributed by atoms with Gasteiger partial charge in [0, 0.05) is 14.1 Å². The molecule has 1 aromatic carbocycles. The van der Waals surface area contributed by atoms with Crippen molar-refractivity contribution in [3.05, 3.63) is 35.6 Å². The molecule has 3 aliphatic heterocycles. The van der Waals surface area contributed by atoms with Gasteiger partial charge in [0.1, 0.15) is 35.6 Å². The first-order valence-electron chi connectivity index (χ1n) is 9.80. The summed E-state index contributed by atoms with van der Waals surface area (Å²) < 4.78 is 78.3. The van der Waals surface area contributed by atoms with Crippen molar-refractivity contribution in [2.45, 2.75) is 68.3 Å². The summed E-state index contributed by atoms with van der Waals surface area (Å²) >= 11 is 1.25. The summed E-state index contributed by atoms with van der Waals surface area (Å²) in [6.45, 7) is 2.95. The molecule has 0 amide bonds. The number of fused-ring (bicyclic) bond motifs is 3. The molecule has 11 heteroatoms. The van der Waals surface area contributed by atoms with Crippen LogP contribution in [0.5, 0.6) is 0 Å². The SMILES string of the molecule is CN(C)C1=NC2C(OC(C(OCc3ccc(F)cc3)C(F)(F)F)C3OC(C)(C)OC23)S1. The summed E-state index contributed by atoms with van der Waals surface area (Å²) in [7, 11) is 3.61. The Hall–Kier alpha value is -1.40. The van der Waals surface area contributed by atoms with Gasteiger partial charge in [-0.25, -0.2) is 4.39 Å². The quantitative estimate of drug-likeness (QED) is 0.636. The van der Waals surface area contributed by atoms with E-state index >= 15 is 0 Å². The number of halogens is 4. The van der Waals surface area contributed by atoms with E-state index in [1.165, 1.54) is 36.0 Å². The average Bonchev–Trinajstić information content (AvgIpc) is 3.22. The molecule has 2 fully saturated rings. The summed E-state index contributed by atoms with van der Waals surface area (Å²) in [5.41, 5.74) is -0.237. The van der Waals surface area contributed by atoms with Crippen LogP contribution >= 0.6 is 11.8 Å². The fourth-order valence-electron chi connectivity index (χ4n) is 3.90. The molecule has 0 aromatic heterocycles. The molecule has 0 spiro atoms. The third-order valence-corrected chi connectivity index (χ3v) is 6.53. The second-order valence-corrected chi connectivity index (χ2v) is 9.41. The molecule has 6 atom stereocenters. The third-order valence-electron chi connectivity index (χ3n) is 5.22. The number of thioether (sulfide) groups is 1. The Labute approximate surface area is 181 Å². The minimum Gasteiger partial charge on any atom is -0.361 e. The number of rotatable bonds is 4. The van der Waals surface area contributed by atoms with E-state index in [1.54, 1.807) is 32.8 Å². The molecule has 0 saturated carbocycles. The second kappa shape index (κ2) is 8.18. The fourth-order valence-corrected chi connectivity index (χ4v) is 5.04. The zero-order valence-electron chi connectivity index (χ0n) is 17.4. The lowest BCUT2D eigenvalue weighted by Gasteiger charge is -2.41. The van der Waals surface area contributed by atoms with Crippen molar-refractivity contribution < 1.29 is 36.5 Å². The smallest absolute Gasteiger partial charge is 0.361 e. The van der Waals surface area contributed by atoms with Crippen LogP contribution in [0.3, 0.4) is 0 Å². The van der Waals surface area contributed by atoms with Crippen LogP contribution in [0, 0.1) is 5.82 Å². The van der Waals surface area contributed by atoms with Gasteiger partial charge in [0.25, 0.3) is 0 Å². The summed E-state index contributed by atoms with van der Waals surface area (Å²) in [5, 5.41) is 0.651. The maximum absolute atomic E-state index is 14.1. The van der Waals surface area contributed by atoms with Gasteiger partial charge in [-0.05, 0) is 31.5 Å². The molecule has 0 N–H and O–H groups in total. The molecule has 3 aliphatic rings. The molecule has 0 bridgehead atoms. The lowest BCUT2D eigenvalue weighted by molar-refractivity contribution is -0.281. The number of hydrogen-bond acceptors (Lipinski definition) is 7. The second-order valence-electron chi connectivity index (χ2n) is 8.35. The molecule has 31 heavy (non-hydrogen) atoms. The first-order valence-corrected chi connectivity index (χ1v) is 10.7. The molecule has 3 heterocycles. The van der Waals surface area contributed by atoms with Crippen LogP contribution in [-0.2, 0) is 25.6 Å². The van der Waals surface area contributed by atoms with Gasteiger partial charge >= 0.3 is 6.18 Å². The van der Waals surface area contributed by atoms with Crippen LogP contribution in [0.2, 0.25) is 0 Å². The largest absolute Gasteiger partial charge is 0.417 e. The number of ether oxygens (including phenoxy) is 4. The molecule has 172 valence electrons. The van der Waals surface area contributed by atoms with E-state index in [4.69, 9.17) is 18.9 Å². The number of aliphatic imine (C=N–C) groups is 1. The van der Waals surface area contributed by atoms with Gasteiger partial charge < -0.3 is 23.8 Å². The zero-order chi connectivity index (χ0) is 22.6. The van der Waals surface area contributed by atoms with Crippen LogP contribution in [0.4, 0.5) is 17.6 Å². The van der Waals surface area contributed by atoms with E-state index in [2.05, 4.69) is 4.99 Å². The summed E-state index contributed by atoms with van der Waals surface area (Å²) in [6.07, 6.45) is -10.1. The van der Waals surface area contributed by atoms with E-state index < -0.39 is 53.7 Å². The Bertz CT molecular complexity index is 833. The number of hydrogen-bond donors (Lipinski definition) is 0. The zero-order valence-corrected chi connectivity index (χ0v) is 18.2. The highest BCUT2D eigenvalue weighted by Crippen LogP contribution is 2.47. The number of benzene rings is 1. The highest BCUT2D eigenvalue weighted by atomic mass is 32.2. The molecule has 0 aliphatic carbocycles. The number of alkyl halides is 3. The lowest BCUT2D eigenvalue weighted by atomic mass is 9.94. The number of amidine groups is 1. The Morgan fingerprint density at radius 1 is 1.16 bits per heavy atom. The van der Waals surface area contributed by atoms with E-state index in [1.807, 2.05) is 0 Å². The van der Waals surface area contributed by atoms with Crippen LogP contribution in [0.25, 0.3) is 0 Å². The van der Waals surface area contributed by atoms with Crippen molar-refractivity contribution in [1.29, 1.82) is 0 Å². The van der Waals surface area contributed by atoms with E-state index in [0.29, 0.717) is 10.7 Å². The maximum Gasteiger partial charge on any atom is 0.417 e. The fraction of sp³-hybridized carbons (Fsp3) is 0.650. The third kappa shape index (κ3) is 4.70.